The first kappa shape index (κ1) is 12.6. The molecule has 96 valence electrons. The molecular weight excluding hydrogens is 216 g/mol. The van der Waals surface area contributed by atoms with Crippen LogP contribution in [0.25, 0.3) is 0 Å². The van der Waals surface area contributed by atoms with E-state index in [1.807, 2.05) is 6.92 Å². The lowest BCUT2D eigenvalue weighted by Crippen LogP contribution is -2.43. The predicted octanol–water partition coefficient (Wildman–Crippen LogP) is 2.58. The Kier molecular flexibility index (Phi) is 3.06. The summed E-state index contributed by atoms with van der Waals surface area (Å²) < 4.78 is 6.03. The zero-order chi connectivity index (χ0) is 12.7. The summed E-state index contributed by atoms with van der Waals surface area (Å²) in [5.74, 6) is 0.817. The molecule has 0 aliphatic carbocycles. The van der Waals surface area contributed by atoms with Crippen molar-refractivity contribution in [3.05, 3.63) is 11.8 Å². The summed E-state index contributed by atoms with van der Waals surface area (Å²) in [5, 5.41) is 10.2. The van der Waals surface area contributed by atoms with Gasteiger partial charge >= 0.3 is 0 Å². The number of carbonyl (C=O) groups excluding carboxylic acids is 1. The van der Waals surface area contributed by atoms with Crippen LogP contribution >= 0.6 is 0 Å². The first-order chi connectivity index (χ1) is 7.83. The van der Waals surface area contributed by atoms with E-state index < -0.39 is 11.7 Å². The van der Waals surface area contributed by atoms with Crippen LogP contribution in [-0.4, -0.2) is 22.6 Å². The smallest absolute Gasteiger partial charge is 0.159 e. The van der Waals surface area contributed by atoms with Crippen molar-refractivity contribution in [3.63, 3.8) is 0 Å². The summed E-state index contributed by atoms with van der Waals surface area (Å²) >= 11 is 0. The lowest BCUT2D eigenvalue weighted by Gasteiger charge is -2.37. The van der Waals surface area contributed by atoms with Gasteiger partial charge in [0.05, 0.1) is 6.10 Å². The Bertz CT molecular complexity index is 356. The second-order valence-corrected chi connectivity index (χ2v) is 6.18. The highest BCUT2D eigenvalue weighted by Crippen LogP contribution is 2.43. The number of hydrogen-bond donors (Lipinski definition) is 1. The fourth-order valence-corrected chi connectivity index (χ4v) is 2.71. The molecule has 2 atom stereocenters. The average molecular weight is 238 g/mol. The minimum absolute atomic E-state index is 0.0658. The van der Waals surface area contributed by atoms with Gasteiger partial charge < -0.3 is 9.84 Å². The zero-order valence-corrected chi connectivity index (χ0v) is 11.0. The van der Waals surface area contributed by atoms with Crippen molar-refractivity contribution in [1.29, 1.82) is 0 Å². The van der Waals surface area contributed by atoms with Gasteiger partial charge in [-0.2, -0.15) is 0 Å². The Balaban J connectivity index is 2.42. The second kappa shape index (κ2) is 4.13. The number of aliphatic hydroxyl groups is 1. The first-order valence-corrected chi connectivity index (χ1v) is 6.46. The number of ether oxygens (including phenoxy) is 1. The van der Waals surface area contributed by atoms with Gasteiger partial charge in [0.25, 0.3) is 0 Å². The minimum Gasteiger partial charge on any atom is -0.489 e. The number of ketones is 1. The van der Waals surface area contributed by atoms with Crippen molar-refractivity contribution >= 4 is 5.78 Å². The van der Waals surface area contributed by atoms with Gasteiger partial charge in [0, 0.05) is 17.9 Å². The fourth-order valence-electron chi connectivity index (χ4n) is 2.71. The van der Waals surface area contributed by atoms with E-state index in [9.17, 15) is 9.90 Å². The fraction of sp³-hybridized carbons (Fsp3) is 0.786. The van der Waals surface area contributed by atoms with Gasteiger partial charge in [-0.15, -0.1) is 0 Å². The Hall–Kier alpha value is -0.830. The van der Waals surface area contributed by atoms with Gasteiger partial charge in [-0.05, 0) is 32.6 Å². The van der Waals surface area contributed by atoms with Crippen molar-refractivity contribution < 1.29 is 14.6 Å². The van der Waals surface area contributed by atoms with Crippen LogP contribution in [0.4, 0.5) is 0 Å². The molecule has 0 radical (unpaired) electrons. The van der Waals surface area contributed by atoms with Crippen LogP contribution in [0.5, 0.6) is 0 Å². The summed E-state index contributed by atoms with van der Waals surface area (Å²) in [5.41, 5.74) is -0.634. The molecule has 2 rings (SSSR count). The Morgan fingerprint density at radius 3 is 2.76 bits per heavy atom. The van der Waals surface area contributed by atoms with Crippen LogP contribution in [0, 0.1) is 5.41 Å². The van der Waals surface area contributed by atoms with Gasteiger partial charge in [-0.3, -0.25) is 4.79 Å². The quantitative estimate of drug-likeness (QED) is 0.705. The minimum atomic E-state index is -0.552. The van der Waals surface area contributed by atoms with E-state index in [4.69, 9.17) is 4.74 Å². The molecule has 1 unspecified atom stereocenters. The van der Waals surface area contributed by atoms with Crippen molar-refractivity contribution in [2.45, 2.75) is 64.6 Å². The van der Waals surface area contributed by atoms with E-state index in [1.165, 1.54) is 0 Å². The van der Waals surface area contributed by atoms with Crippen molar-refractivity contribution in [2.24, 2.45) is 5.41 Å². The summed E-state index contributed by atoms with van der Waals surface area (Å²) in [4.78, 5) is 11.7. The Morgan fingerprint density at radius 2 is 2.06 bits per heavy atom. The largest absolute Gasteiger partial charge is 0.489 e. The third kappa shape index (κ3) is 2.39. The lowest BCUT2D eigenvalue weighted by atomic mass is 9.85. The molecule has 2 heterocycles. The SMILES string of the molecule is CC1(C)CCCC2(C)O/C1=C\C(=O)CC[C@@H]2O. The van der Waals surface area contributed by atoms with Crippen LogP contribution in [0.15, 0.2) is 11.8 Å². The lowest BCUT2D eigenvalue weighted by molar-refractivity contribution is -0.123. The van der Waals surface area contributed by atoms with Crippen LogP contribution in [0.1, 0.15) is 52.9 Å². The summed E-state index contributed by atoms with van der Waals surface area (Å²) in [6.45, 7) is 6.17. The highest BCUT2D eigenvalue weighted by atomic mass is 16.5. The van der Waals surface area contributed by atoms with E-state index >= 15 is 0 Å². The third-order valence-electron chi connectivity index (χ3n) is 4.15. The molecule has 3 nitrogen and oxygen atoms in total. The van der Waals surface area contributed by atoms with Gasteiger partial charge in [-0.25, -0.2) is 0 Å². The summed E-state index contributed by atoms with van der Waals surface area (Å²) in [6.07, 6.45) is 4.88. The molecule has 2 aliphatic heterocycles. The number of rotatable bonds is 0. The predicted molar refractivity (Wildman–Crippen MR) is 65.5 cm³/mol. The van der Waals surface area contributed by atoms with Crippen LogP contribution in [0.2, 0.25) is 0 Å². The molecule has 1 saturated heterocycles. The van der Waals surface area contributed by atoms with E-state index in [2.05, 4.69) is 13.8 Å². The van der Waals surface area contributed by atoms with Crippen molar-refractivity contribution in [2.75, 3.05) is 0 Å². The van der Waals surface area contributed by atoms with E-state index in [1.54, 1.807) is 6.08 Å². The number of allylic oxidation sites excluding steroid dienone is 2. The topological polar surface area (TPSA) is 46.5 Å². The molecular formula is C14H22O3. The van der Waals surface area contributed by atoms with Crippen LogP contribution in [0.3, 0.4) is 0 Å². The maximum atomic E-state index is 11.7. The van der Waals surface area contributed by atoms with Gasteiger partial charge in [0.15, 0.2) is 5.78 Å². The molecule has 3 heteroatoms. The molecule has 1 N–H and O–H groups in total. The van der Waals surface area contributed by atoms with E-state index in [0.29, 0.717) is 12.8 Å². The standard InChI is InChI=1S/C14H22O3/c1-13(2)7-4-8-14(3)11(16)6-5-10(15)9-12(13)17-14/h9,11,16H,4-8H2,1-3H3/b12-9-/t11-,14?/m0/s1. The average Bonchev–Trinajstić information content (AvgIpc) is 2.33. The molecule has 0 aromatic rings. The summed E-state index contributed by atoms with van der Waals surface area (Å²) in [7, 11) is 0. The number of aliphatic hydroxyl groups excluding tert-OH is 1. The molecule has 2 bridgehead atoms. The first-order valence-electron chi connectivity index (χ1n) is 6.46. The van der Waals surface area contributed by atoms with Gasteiger partial charge in [-0.1, -0.05) is 13.8 Å². The molecule has 0 aromatic carbocycles. The number of fused-ring (bicyclic) bond motifs is 2. The zero-order valence-electron chi connectivity index (χ0n) is 11.0. The third-order valence-corrected chi connectivity index (χ3v) is 4.15. The molecule has 0 saturated carbocycles. The molecule has 17 heavy (non-hydrogen) atoms. The Labute approximate surface area is 103 Å². The molecule has 1 fully saturated rings. The monoisotopic (exact) mass is 238 g/mol. The van der Waals surface area contributed by atoms with Crippen molar-refractivity contribution in [3.8, 4) is 0 Å². The van der Waals surface area contributed by atoms with Gasteiger partial charge in [0.1, 0.15) is 11.4 Å². The Morgan fingerprint density at radius 1 is 1.35 bits per heavy atom. The highest BCUT2D eigenvalue weighted by Gasteiger charge is 2.43. The number of carbonyl (C=O) groups is 1. The second-order valence-electron chi connectivity index (χ2n) is 6.18. The van der Waals surface area contributed by atoms with Crippen LogP contribution in [-0.2, 0) is 9.53 Å². The maximum absolute atomic E-state index is 11.7. The maximum Gasteiger partial charge on any atom is 0.159 e. The van der Waals surface area contributed by atoms with Crippen molar-refractivity contribution in [1.82, 2.24) is 0 Å². The molecule has 0 aromatic heterocycles. The van der Waals surface area contributed by atoms with E-state index in [0.717, 1.165) is 25.0 Å². The summed E-state index contributed by atoms with van der Waals surface area (Å²) in [6, 6.07) is 0. The number of hydrogen-bond acceptors (Lipinski definition) is 3. The van der Waals surface area contributed by atoms with Gasteiger partial charge in [0.2, 0.25) is 0 Å². The highest BCUT2D eigenvalue weighted by molar-refractivity contribution is 5.90. The molecule has 2 aliphatic rings. The van der Waals surface area contributed by atoms with E-state index in [-0.39, 0.29) is 11.2 Å². The molecule has 0 spiro atoms. The normalized spacial score (nSPS) is 40.4. The molecule has 0 amide bonds. The van der Waals surface area contributed by atoms with Crippen LogP contribution < -0.4 is 0 Å².